The van der Waals surface area contributed by atoms with Crippen molar-refractivity contribution in [2.75, 3.05) is 75.3 Å². The Morgan fingerprint density at radius 1 is 0.347 bits per heavy atom. The monoisotopic (exact) mass is 1030 g/mol. The predicted molar refractivity (Wildman–Crippen MR) is 312 cm³/mol. The number of hydrogen-bond acceptors (Lipinski definition) is 12. The van der Waals surface area contributed by atoms with E-state index in [1.807, 2.05) is 0 Å². The molecule has 384 valence electrons. The quantitative estimate of drug-likeness (QED) is 0.0438. The second-order valence-corrected chi connectivity index (χ2v) is 21.7. The van der Waals surface area contributed by atoms with Gasteiger partial charge in [0, 0.05) is 71.0 Å². The lowest BCUT2D eigenvalue weighted by Crippen LogP contribution is -2.25. The summed E-state index contributed by atoms with van der Waals surface area (Å²) in [5, 5.41) is 0. The van der Waals surface area contributed by atoms with Gasteiger partial charge in [-0.1, -0.05) is 116 Å². The molecule has 4 heterocycles. The first-order chi connectivity index (χ1) is 35.3. The first-order valence-corrected chi connectivity index (χ1v) is 29.1. The Hall–Kier alpha value is -5.43. The fraction of sp³-hybridized carbons (Fsp3) is 0.450. The van der Waals surface area contributed by atoms with Crippen LogP contribution in [0.4, 0.5) is 17.1 Å². The summed E-state index contributed by atoms with van der Waals surface area (Å²) in [5.74, 6) is 3.74. The Morgan fingerprint density at radius 2 is 0.569 bits per heavy atom. The van der Waals surface area contributed by atoms with Crippen molar-refractivity contribution in [2.45, 2.75) is 119 Å². The number of unbranched alkanes of at least 4 members (excludes halogenated alkanes) is 6. The van der Waals surface area contributed by atoms with Crippen LogP contribution >= 0.6 is 34.0 Å². The third-order valence-corrected chi connectivity index (χ3v) is 16.7. The first-order valence-electron chi connectivity index (χ1n) is 26.7. The van der Waals surface area contributed by atoms with Gasteiger partial charge < -0.3 is 28.9 Å². The average Bonchev–Trinajstić information content (AvgIpc) is 4.19. The highest BCUT2D eigenvalue weighted by Crippen LogP contribution is 2.48. The summed E-state index contributed by atoms with van der Waals surface area (Å²) in [7, 11) is 5.17. The van der Waals surface area contributed by atoms with E-state index >= 15 is 0 Å². The summed E-state index contributed by atoms with van der Waals surface area (Å²) in [6.07, 6.45) is 14.1. The number of nitrogens with zero attached hydrogens (tertiary/aromatic N) is 6. The fourth-order valence-corrected chi connectivity index (χ4v) is 12.1. The average molecular weight is 1030 g/mol. The molecule has 0 atom stereocenters. The molecule has 12 heteroatoms. The SMILES string of the molecule is CCCCN(CCCC)c1ccc(-c2cc(OC)c(-c3nc(-c4sc(-c5ccc(N(CCCC)CCCC)cc5)cc4OC)nc(-c4sc(-c5ccc(N(CCCC)CCCC)cc5)cc4OC)n3)s2)cc1. The standard InChI is InChI=1S/C60H78N6O3S3/c1-10-16-34-64(35-17-11-2)46-28-22-43(23-29-46)52-40-49(67-7)55(70-52)58-61-59(56-50(68-8)41-53(71-56)44-24-30-47(31-25-44)65(36-18-12-3)37-19-13-4)63-60(62-58)57-51(69-9)42-54(72-57)45-26-32-48(33-27-45)66(38-20-14-5)39-21-15-6/h22-33,40-42H,10-21,34-39H2,1-9H3. The van der Waals surface area contributed by atoms with E-state index in [1.165, 1.54) is 94.1 Å². The van der Waals surface area contributed by atoms with E-state index in [0.717, 1.165) is 85.2 Å². The third kappa shape index (κ3) is 13.6. The smallest absolute Gasteiger partial charge is 0.177 e. The maximum Gasteiger partial charge on any atom is 0.177 e. The number of hydrogen-bond donors (Lipinski definition) is 0. The Morgan fingerprint density at radius 3 is 0.764 bits per heavy atom. The molecule has 0 amide bonds. The first kappa shape index (κ1) is 54.3. The molecule has 0 saturated carbocycles. The predicted octanol–water partition coefficient (Wildman–Crippen LogP) is 17.3. The molecule has 0 N–H and O–H groups in total. The van der Waals surface area contributed by atoms with Crippen LogP contribution in [0.2, 0.25) is 0 Å². The molecule has 0 unspecified atom stereocenters. The van der Waals surface area contributed by atoms with Gasteiger partial charge in [-0.15, -0.1) is 34.0 Å². The van der Waals surface area contributed by atoms with Gasteiger partial charge in [0.2, 0.25) is 0 Å². The molecule has 0 spiro atoms. The molecule has 4 aromatic heterocycles. The maximum atomic E-state index is 6.15. The molecular weight excluding hydrogens is 949 g/mol. The van der Waals surface area contributed by atoms with Crippen molar-refractivity contribution in [1.82, 2.24) is 15.0 Å². The van der Waals surface area contributed by atoms with E-state index in [4.69, 9.17) is 29.2 Å². The Labute approximate surface area is 443 Å². The number of benzene rings is 3. The molecule has 0 aliphatic carbocycles. The highest BCUT2D eigenvalue weighted by Gasteiger charge is 2.25. The van der Waals surface area contributed by atoms with Gasteiger partial charge in [0.25, 0.3) is 0 Å². The normalized spacial score (nSPS) is 11.3. The van der Waals surface area contributed by atoms with Crippen molar-refractivity contribution in [3.8, 4) is 80.7 Å². The maximum absolute atomic E-state index is 6.15. The van der Waals surface area contributed by atoms with Crippen LogP contribution in [0.5, 0.6) is 17.2 Å². The molecule has 0 aliphatic heterocycles. The fourth-order valence-electron chi connectivity index (χ4n) is 8.87. The highest BCUT2D eigenvalue weighted by molar-refractivity contribution is 7.20. The van der Waals surface area contributed by atoms with E-state index in [0.29, 0.717) is 34.7 Å². The van der Waals surface area contributed by atoms with Crippen molar-refractivity contribution < 1.29 is 14.2 Å². The molecule has 0 radical (unpaired) electrons. The Kier molecular flexibility index (Phi) is 20.8. The number of anilines is 3. The molecule has 9 nitrogen and oxygen atoms in total. The van der Waals surface area contributed by atoms with Gasteiger partial charge >= 0.3 is 0 Å². The minimum absolute atomic E-state index is 0.534. The summed E-state index contributed by atoms with van der Waals surface area (Å²) in [6.45, 7) is 20.0. The second-order valence-electron chi connectivity index (χ2n) is 18.6. The van der Waals surface area contributed by atoms with Crippen molar-refractivity contribution in [3.05, 3.63) is 91.0 Å². The van der Waals surface area contributed by atoms with Crippen molar-refractivity contribution in [1.29, 1.82) is 0 Å². The Balaban J connectivity index is 1.31. The van der Waals surface area contributed by atoms with Gasteiger partial charge in [-0.25, -0.2) is 15.0 Å². The molecular formula is C60H78N6O3S3. The van der Waals surface area contributed by atoms with E-state index < -0.39 is 0 Å². The molecule has 7 rings (SSSR count). The van der Waals surface area contributed by atoms with Crippen LogP contribution < -0.4 is 28.9 Å². The minimum Gasteiger partial charge on any atom is -0.495 e. The van der Waals surface area contributed by atoms with Gasteiger partial charge in [-0.2, -0.15) is 0 Å². The summed E-state index contributed by atoms with van der Waals surface area (Å²) in [5.41, 5.74) is 7.16. The van der Waals surface area contributed by atoms with E-state index in [2.05, 4.69) is 147 Å². The zero-order chi connectivity index (χ0) is 50.8. The molecule has 0 bridgehead atoms. The van der Waals surface area contributed by atoms with Crippen LogP contribution in [-0.4, -0.2) is 75.5 Å². The summed E-state index contributed by atoms with van der Waals surface area (Å²) in [6, 6.07) is 33.3. The van der Waals surface area contributed by atoms with Gasteiger partial charge in [-0.3, -0.25) is 0 Å². The van der Waals surface area contributed by atoms with Crippen LogP contribution in [0.1, 0.15) is 119 Å². The van der Waals surface area contributed by atoms with E-state index in [9.17, 15) is 0 Å². The summed E-state index contributed by atoms with van der Waals surface area (Å²) < 4.78 is 18.4. The Bertz CT molecular complexity index is 2380. The van der Waals surface area contributed by atoms with Crippen LogP contribution in [0.3, 0.4) is 0 Å². The number of ether oxygens (including phenoxy) is 3. The number of methoxy groups -OCH3 is 3. The highest BCUT2D eigenvalue weighted by atomic mass is 32.1. The van der Waals surface area contributed by atoms with Crippen molar-refractivity contribution in [3.63, 3.8) is 0 Å². The topological polar surface area (TPSA) is 76.1 Å². The van der Waals surface area contributed by atoms with Crippen LogP contribution in [0.25, 0.3) is 63.4 Å². The molecule has 0 aliphatic rings. The van der Waals surface area contributed by atoms with E-state index in [1.54, 1.807) is 55.3 Å². The van der Waals surface area contributed by atoms with Gasteiger partial charge in [-0.05, 0) is 110 Å². The molecule has 7 aromatic rings. The lowest BCUT2D eigenvalue weighted by molar-refractivity contribution is 0.417. The third-order valence-electron chi connectivity index (χ3n) is 13.2. The minimum atomic E-state index is 0.534. The number of aromatic nitrogens is 3. The zero-order valence-corrected chi connectivity index (χ0v) is 47.0. The largest absolute Gasteiger partial charge is 0.495 e. The van der Waals surface area contributed by atoms with Gasteiger partial charge in [0.1, 0.15) is 31.9 Å². The van der Waals surface area contributed by atoms with Crippen LogP contribution in [-0.2, 0) is 0 Å². The number of thiophene rings is 3. The van der Waals surface area contributed by atoms with Gasteiger partial charge in [0.05, 0.1) is 21.3 Å². The van der Waals surface area contributed by atoms with Gasteiger partial charge in [0.15, 0.2) is 17.5 Å². The summed E-state index contributed by atoms with van der Waals surface area (Å²) in [4.78, 5) is 29.2. The molecule has 0 saturated heterocycles. The van der Waals surface area contributed by atoms with Crippen molar-refractivity contribution >= 4 is 51.1 Å². The number of rotatable bonds is 30. The molecule has 72 heavy (non-hydrogen) atoms. The van der Waals surface area contributed by atoms with E-state index in [-0.39, 0.29) is 0 Å². The van der Waals surface area contributed by atoms with Crippen LogP contribution in [0.15, 0.2) is 91.0 Å². The summed E-state index contributed by atoms with van der Waals surface area (Å²) >= 11 is 4.91. The van der Waals surface area contributed by atoms with Crippen molar-refractivity contribution in [2.24, 2.45) is 0 Å². The van der Waals surface area contributed by atoms with Crippen LogP contribution in [0, 0.1) is 0 Å². The second kappa shape index (κ2) is 27.6. The molecule has 0 fully saturated rings. The molecule has 3 aromatic carbocycles. The lowest BCUT2D eigenvalue weighted by Gasteiger charge is -2.24. The zero-order valence-electron chi connectivity index (χ0n) is 44.5. The lowest BCUT2D eigenvalue weighted by atomic mass is 10.1.